The lowest BCUT2D eigenvalue weighted by molar-refractivity contribution is -0.114. The standard InChI is InChI=1S/C11H19NOS/c1-3-12(4-2)7-8-14-11-6-5-10(13)9-11/h9H,3-8H2,1-2H3. The third-order valence-electron chi connectivity index (χ3n) is 2.53. The molecular weight excluding hydrogens is 194 g/mol. The second kappa shape index (κ2) is 6.25. The maximum absolute atomic E-state index is 11.0. The van der Waals surface area contributed by atoms with Crippen LogP contribution in [-0.2, 0) is 4.79 Å². The Morgan fingerprint density at radius 1 is 1.36 bits per heavy atom. The summed E-state index contributed by atoms with van der Waals surface area (Å²) in [6.07, 6.45) is 3.52. The van der Waals surface area contributed by atoms with Gasteiger partial charge in [0, 0.05) is 18.7 Å². The highest BCUT2D eigenvalue weighted by molar-refractivity contribution is 8.03. The van der Waals surface area contributed by atoms with Gasteiger partial charge in [-0.15, -0.1) is 11.8 Å². The summed E-state index contributed by atoms with van der Waals surface area (Å²) in [5, 5.41) is 0. The first-order valence-corrected chi connectivity index (χ1v) is 6.33. The van der Waals surface area contributed by atoms with Crippen LogP contribution in [0.2, 0.25) is 0 Å². The van der Waals surface area contributed by atoms with Gasteiger partial charge in [-0.05, 0) is 30.5 Å². The second-order valence-electron chi connectivity index (χ2n) is 3.45. The first kappa shape index (κ1) is 11.8. The Hall–Kier alpha value is -0.280. The van der Waals surface area contributed by atoms with Gasteiger partial charge in [0.2, 0.25) is 0 Å². The maximum Gasteiger partial charge on any atom is 0.156 e. The van der Waals surface area contributed by atoms with Crippen LogP contribution in [-0.4, -0.2) is 36.1 Å². The fraction of sp³-hybridized carbons (Fsp3) is 0.727. The molecule has 80 valence electrons. The molecule has 0 heterocycles. The third kappa shape index (κ3) is 3.84. The highest BCUT2D eigenvalue weighted by atomic mass is 32.2. The minimum atomic E-state index is 0.301. The SMILES string of the molecule is CCN(CC)CCSC1=CC(=O)CC1. The average molecular weight is 213 g/mol. The van der Waals surface area contributed by atoms with Crippen molar-refractivity contribution >= 4 is 17.5 Å². The lowest BCUT2D eigenvalue weighted by Gasteiger charge is -2.17. The van der Waals surface area contributed by atoms with Crippen LogP contribution in [0.25, 0.3) is 0 Å². The van der Waals surface area contributed by atoms with Crippen molar-refractivity contribution in [3.8, 4) is 0 Å². The van der Waals surface area contributed by atoms with Gasteiger partial charge >= 0.3 is 0 Å². The summed E-state index contributed by atoms with van der Waals surface area (Å²) in [5.74, 6) is 1.41. The first-order valence-electron chi connectivity index (χ1n) is 5.34. The molecule has 1 rings (SSSR count). The minimum absolute atomic E-state index is 0.301. The molecule has 0 bridgehead atoms. The van der Waals surface area contributed by atoms with E-state index in [0.29, 0.717) is 5.78 Å². The van der Waals surface area contributed by atoms with Crippen molar-refractivity contribution < 1.29 is 4.79 Å². The van der Waals surface area contributed by atoms with Crippen LogP contribution in [0.15, 0.2) is 11.0 Å². The van der Waals surface area contributed by atoms with Crippen LogP contribution in [0.1, 0.15) is 26.7 Å². The molecule has 0 atom stereocenters. The van der Waals surface area contributed by atoms with Gasteiger partial charge in [0.25, 0.3) is 0 Å². The molecule has 0 aromatic heterocycles. The summed E-state index contributed by atoms with van der Waals surface area (Å²) in [4.78, 5) is 14.6. The Balaban J connectivity index is 2.15. The Morgan fingerprint density at radius 3 is 2.57 bits per heavy atom. The summed E-state index contributed by atoms with van der Waals surface area (Å²) in [5.41, 5.74) is 0. The van der Waals surface area contributed by atoms with Gasteiger partial charge < -0.3 is 4.90 Å². The molecule has 0 fully saturated rings. The Morgan fingerprint density at radius 2 is 2.07 bits per heavy atom. The smallest absolute Gasteiger partial charge is 0.156 e. The van der Waals surface area contributed by atoms with Crippen molar-refractivity contribution in [3.63, 3.8) is 0 Å². The zero-order valence-corrected chi connectivity index (χ0v) is 9.90. The van der Waals surface area contributed by atoms with E-state index in [4.69, 9.17) is 0 Å². The van der Waals surface area contributed by atoms with Gasteiger partial charge in [-0.1, -0.05) is 13.8 Å². The monoisotopic (exact) mass is 213 g/mol. The van der Waals surface area contributed by atoms with Gasteiger partial charge in [0.05, 0.1) is 0 Å². The largest absolute Gasteiger partial charge is 0.303 e. The molecule has 0 saturated carbocycles. The molecule has 2 nitrogen and oxygen atoms in total. The fourth-order valence-corrected chi connectivity index (χ4v) is 2.60. The molecule has 0 unspecified atom stereocenters. The third-order valence-corrected chi connectivity index (χ3v) is 3.61. The van der Waals surface area contributed by atoms with E-state index in [-0.39, 0.29) is 0 Å². The summed E-state index contributed by atoms with van der Waals surface area (Å²) in [6, 6.07) is 0. The molecule has 1 aliphatic carbocycles. The van der Waals surface area contributed by atoms with Crippen LogP contribution in [0.4, 0.5) is 0 Å². The quantitative estimate of drug-likeness (QED) is 0.675. The molecule has 14 heavy (non-hydrogen) atoms. The average Bonchev–Trinajstić information content (AvgIpc) is 2.59. The molecule has 0 radical (unpaired) electrons. The molecule has 0 aliphatic heterocycles. The zero-order valence-electron chi connectivity index (χ0n) is 9.08. The molecular formula is C11H19NOS. The van der Waals surface area contributed by atoms with Crippen LogP contribution in [0, 0.1) is 0 Å². The van der Waals surface area contributed by atoms with E-state index in [1.807, 2.05) is 17.8 Å². The van der Waals surface area contributed by atoms with Crippen LogP contribution in [0.3, 0.4) is 0 Å². The predicted octanol–water partition coefficient (Wildman–Crippen LogP) is 2.31. The van der Waals surface area contributed by atoms with Crippen LogP contribution in [0.5, 0.6) is 0 Å². The first-order chi connectivity index (χ1) is 6.76. The van der Waals surface area contributed by atoms with Crippen molar-refractivity contribution in [2.24, 2.45) is 0 Å². The summed E-state index contributed by atoms with van der Waals surface area (Å²) < 4.78 is 0. The number of carbonyl (C=O) groups is 1. The number of thioether (sulfide) groups is 1. The van der Waals surface area contributed by atoms with Crippen LogP contribution < -0.4 is 0 Å². The lowest BCUT2D eigenvalue weighted by atomic mass is 10.3. The highest BCUT2D eigenvalue weighted by Crippen LogP contribution is 2.26. The van der Waals surface area contributed by atoms with Crippen molar-refractivity contribution in [1.29, 1.82) is 0 Å². The van der Waals surface area contributed by atoms with E-state index in [0.717, 1.165) is 38.2 Å². The van der Waals surface area contributed by atoms with Crippen molar-refractivity contribution in [2.45, 2.75) is 26.7 Å². The lowest BCUT2D eigenvalue weighted by Crippen LogP contribution is -2.25. The second-order valence-corrected chi connectivity index (χ2v) is 4.67. The number of hydrogen-bond acceptors (Lipinski definition) is 3. The Kier molecular flexibility index (Phi) is 5.26. The number of carbonyl (C=O) groups excluding carboxylic acids is 1. The van der Waals surface area contributed by atoms with E-state index in [1.54, 1.807) is 0 Å². The van der Waals surface area contributed by atoms with Gasteiger partial charge in [0.15, 0.2) is 5.78 Å². The Bertz CT molecular complexity index is 221. The molecule has 0 saturated heterocycles. The Labute approximate surface area is 90.7 Å². The highest BCUT2D eigenvalue weighted by Gasteiger charge is 2.12. The maximum atomic E-state index is 11.0. The van der Waals surface area contributed by atoms with Gasteiger partial charge in [-0.3, -0.25) is 4.79 Å². The summed E-state index contributed by atoms with van der Waals surface area (Å²) >= 11 is 1.85. The van der Waals surface area contributed by atoms with Crippen molar-refractivity contribution in [1.82, 2.24) is 4.90 Å². The van der Waals surface area contributed by atoms with Crippen molar-refractivity contribution in [2.75, 3.05) is 25.4 Å². The summed E-state index contributed by atoms with van der Waals surface area (Å²) in [7, 11) is 0. The summed E-state index contributed by atoms with van der Waals surface area (Å²) in [6.45, 7) is 7.74. The predicted molar refractivity (Wildman–Crippen MR) is 62.6 cm³/mol. The van der Waals surface area contributed by atoms with E-state index in [2.05, 4.69) is 18.7 Å². The minimum Gasteiger partial charge on any atom is -0.303 e. The fourth-order valence-electron chi connectivity index (χ4n) is 1.53. The number of allylic oxidation sites excluding steroid dienone is 2. The van der Waals surface area contributed by atoms with E-state index in [1.165, 1.54) is 4.91 Å². The topological polar surface area (TPSA) is 20.3 Å². The molecule has 1 aliphatic rings. The van der Waals surface area contributed by atoms with E-state index < -0.39 is 0 Å². The molecule has 0 N–H and O–H groups in total. The molecule has 0 aromatic carbocycles. The zero-order chi connectivity index (χ0) is 10.4. The van der Waals surface area contributed by atoms with E-state index >= 15 is 0 Å². The molecule has 0 aromatic rings. The number of rotatable bonds is 6. The van der Waals surface area contributed by atoms with Gasteiger partial charge in [-0.25, -0.2) is 0 Å². The van der Waals surface area contributed by atoms with Crippen LogP contribution >= 0.6 is 11.8 Å². The number of ketones is 1. The van der Waals surface area contributed by atoms with Gasteiger partial charge in [0.1, 0.15) is 0 Å². The molecule has 0 amide bonds. The molecule has 0 spiro atoms. The molecule has 3 heteroatoms. The van der Waals surface area contributed by atoms with E-state index in [9.17, 15) is 4.79 Å². The van der Waals surface area contributed by atoms with Gasteiger partial charge in [-0.2, -0.15) is 0 Å². The number of hydrogen-bond donors (Lipinski definition) is 0. The van der Waals surface area contributed by atoms with Crippen molar-refractivity contribution in [3.05, 3.63) is 11.0 Å². The normalized spacial score (nSPS) is 16.5. The number of nitrogens with zero attached hydrogens (tertiary/aromatic N) is 1.